The molecule has 2 rings (SSSR count). The molecule has 2 aromatic carbocycles. The van der Waals surface area contributed by atoms with Gasteiger partial charge in [-0.3, -0.25) is 4.99 Å². The zero-order chi connectivity index (χ0) is 22.2. The van der Waals surface area contributed by atoms with Crippen LogP contribution >= 0.6 is 24.0 Å². The molecule has 0 saturated heterocycles. The van der Waals surface area contributed by atoms with Gasteiger partial charge in [-0.05, 0) is 54.0 Å². The summed E-state index contributed by atoms with van der Waals surface area (Å²) in [6, 6.07) is 15.4. The van der Waals surface area contributed by atoms with Crippen molar-refractivity contribution in [1.82, 2.24) is 10.6 Å². The second-order valence-electron chi connectivity index (χ2n) is 8.32. The van der Waals surface area contributed by atoms with Gasteiger partial charge in [0.2, 0.25) is 10.0 Å². The minimum Gasteiger partial charge on any atom is -0.357 e. The van der Waals surface area contributed by atoms with E-state index >= 15 is 0 Å². The third-order valence-electron chi connectivity index (χ3n) is 4.79. The van der Waals surface area contributed by atoms with E-state index in [1.165, 1.54) is 23.3 Å². The Labute approximate surface area is 204 Å². The summed E-state index contributed by atoms with van der Waals surface area (Å²) >= 11 is 0. The summed E-state index contributed by atoms with van der Waals surface area (Å²) in [5.41, 5.74) is 3.81. The van der Waals surface area contributed by atoms with Gasteiger partial charge < -0.3 is 10.6 Å². The Hall–Kier alpha value is -1.65. The van der Waals surface area contributed by atoms with E-state index in [1.54, 1.807) is 12.1 Å². The van der Waals surface area contributed by atoms with Crippen LogP contribution in [-0.4, -0.2) is 34.0 Å². The first kappa shape index (κ1) is 27.4. The third kappa shape index (κ3) is 9.57. The van der Waals surface area contributed by atoms with Crippen LogP contribution in [0.15, 0.2) is 58.4 Å². The van der Waals surface area contributed by atoms with Crippen LogP contribution in [0.25, 0.3) is 0 Å². The molecule has 31 heavy (non-hydrogen) atoms. The Bertz CT molecular complexity index is 935. The van der Waals surface area contributed by atoms with E-state index in [0.717, 1.165) is 30.9 Å². The Morgan fingerprint density at radius 1 is 0.935 bits per heavy atom. The molecular formula is C23H35IN4O2S. The third-order valence-corrected chi connectivity index (χ3v) is 5.72. The lowest BCUT2D eigenvalue weighted by Gasteiger charge is -2.19. The number of sulfonamides is 1. The second kappa shape index (κ2) is 12.4. The first-order valence-corrected chi connectivity index (χ1v) is 11.9. The number of halogens is 1. The number of benzene rings is 2. The zero-order valence-electron chi connectivity index (χ0n) is 18.8. The maximum atomic E-state index is 11.3. The Morgan fingerprint density at radius 2 is 1.48 bits per heavy atom. The summed E-state index contributed by atoms with van der Waals surface area (Å²) in [6.07, 6.45) is 1.64. The number of nitrogens with two attached hydrogens (primary N) is 1. The van der Waals surface area contributed by atoms with Crippen molar-refractivity contribution >= 4 is 40.0 Å². The molecule has 0 aliphatic heterocycles. The molecule has 0 bridgehead atoms. The van der Waals surface area contributed by atoms with E-state index in [-0.39, 0.29) is 34.3 Å². The highest BCUT2D eigenvalue weighted by molar-refractivity contribution is 14.0. The van der Waals surface area contributed by atoms with E-state index in [4.69, 9.17) is 5.14 Å². The van der Waals surface area contributed by atoms with Gasteiger partial charge in [0.1, 0.15) is 0 Å². The first-order valence-electron chi connectivity index (χ1n) is 10.3. The summed E-state index contributed by atoms with van der Waals surface area (Å²) < 4.78 is 22.6. The van der Waals surface area contributed by atoms with Gasteiger partial charge in [0.25, 0.3) is 0 Å². The fraction of sp³-hybridized carbons (Fsp3) is 0.435. The van der Waals surface area contributed by atoms with E-state index in [1.807, 2.05) is 6.92 Å². The molecule has 0 unspecified atom stereocenters. The number of primary sulfonamides is 1. The van der Waals surface area contributed by atoms with Gasteiger partial charge in [-0.2, -0.15) is 0 Å². The lowest BCUT2D eigenvalue weighted by atomic mass is 9.86. The summed E-state index contributed by atoms with van der Waals surface area (Å²) in [4.78, 5) is 4.79. The Balaban J connectivity index is 0.00000480. The summed E-state index contributed by atoms with van der Waals surface area (Å²) in [7, 11) is -3.65. The van der Waals surface area contributed by atoms with Crippen molar-refractivity contribution in [3.05, 3.63) is 65.2 Å². The van der Waals surface area contributed by atoms with Crippen LogP contribution < -0.4 is 15.8 Å². The fourth-order valence-corrected chi connectivity index (χ4v) is 3.50. The fourth-order valence-electron chi connectivity index (χ4n) is 2.98. The molecule has 0 saturated carbocycles. The van der Waals surface area contributed by atoms with Crippen LogP contribution in [0.5, 0.6) is 0 Å². The normalized spacial score (nSPS) is 12.2. The molecule has 0 spiro atoms. The van der Waals surface area contributed by atoms with Crippen molar-refractivity contribution < 1.29 is 8.42 Å². The summed E-state index contributed by atoms with van der Waals surface area (Å²) in [5.74, 6) is 0.782. The Kier molecular flexibility index (Phi) is 11.0. The number of rotatable bonds is 8. The maximum Gasteiger partial charge on any atom is 0.238 e. The minimum absolute atomic E-state index is 0. The lowest BCUT2D eigenvalue weighted by Crippen LogP contribution is -2.38. The molecule has 0 atom stereocenters. The first-order chi connectivity index (χ1) is 14.1. The SMILES string of the molecule is CCNC(=NCCc1ccc(C(C)(C)C)cc1)NCCc1ccc(S(N)(=O)=O)cc1.I. The lowest BCUT2D eigenvalue weighted by molar-refractivity contribution is 0.590. The average molecular weight is 559 g/mol. The Morgan fingerprint density at radius 3 is 2.00 bits per heavy atom. The molecule has 0 radical (unpaired) electrons. The molecule has 6 nitrogen and oxygen atoms in total. The zero-order valence-corrected chi connectivity index (χ0v) is 22.0. The van der Waals surface area contributed by atoms with Crippen LogP contribution in [-0.2, 0) is 28.3 Å². The summed E-state index contributed by atoms with van der Waals surface area (Å²) in [5, 5.41) is 11.7. The number of hydrogen-bond acceptors (Lipinski definition) is 3. The van der Waals surface area contributed by atoms with Gasteiger partial charge in [0.05, 0.1) is 4.90 Å². The number of hydrogen-bond donors (Lipinski definition) is 3. The second-order valence-corrected chi connectivity index (χ2v) is 9.88. The number of aliphatic imine (C=N–C) groups is 1. The average Bonchev–Trinajstić information content (AvgIpc) is 2.67. The molecule has 0 aliphatic carbocycles. The molecule has 0 fully saturated rings. The highest BCUT2D eigenvalue weighted by atomic mass is 127. The largest absolute Gasteiger partial charge is 0.357 e. The predicted molar refractivity (Wildman–Crippen MR) is 140 cm³/mol. The van der Waals surface area contributed by atoms with Crippen molar-refractivity contribution in [1.29, 1.82) is 0 Å². The van der Waals surface area contributed by atoms with Crippen molar-refractivity contribution in [2.45, 2.75) is 50.8 Å². The van der Waals surface area contributed by atoms with E-state index in [9.17, 15) is 8.42 Å². The van der Waals surface area contributed by atoms with Gasteiger partial charge >= 0.3 is 0 Å². The van der Waals surface area contributed by atoms with Crippen molar-refractivity contribution in [2.75, 3.05) is 19.6 Å². The maximum absolute atomic E-state index is 11.3. The molecule has 0 amide bonds. The predicted octanol–water partition coefficient (Wildman–Crippen LogP) is 3.59. The standard InChI is InChI=1S/C23H34N4O2S.HI/c1-5-25-22(26-16-14-18-6-10-20(11-7-18)23(2,3)4)27-17-15-19-8-12-21(13-9-19)30(24,28)29;/h6-13H,5,14-17H2,1-4H3,(H2,24,28,29)(H2,25,26,27);1H. The number of nitrogens with one attached hydrogen (secondary N) is 2. The van der Waals surface area contributed by atoms with Crippen molar-refractivity contribution in [3.63, 3.8) is 0 Å². The summed E-state index contributed by atoms with van der Waals surface area (Å²) in [6.45, 7) is 10.9. The van der Waals surface area contributed by atoms with Crippen LogP contribution in [0.3, 0.4) is 0 Å². The van der Waals surface area contributed by atoms with Gasteiger partial charge in [-0.25, -0.2) is 13.6 Å². The minimum atomic E-state index is -3.65. The van der Waals surface area contributed by atoms with E-state index < -0.39 is 10.0 Å². The topological polar surface area (TPSA) is 96.6 Å². The van der Waals surface area contributed by atoms with Crippen molar-refractivity contribution in [2.24, 2.45) is 10.1 Å². The van der Waals surface area contributed by atoms with Crippen LogP contribution in [0, 0.1) is 0 Å². The molecule has 0 aromatic heterocycles. The van der Waals surface area contributed by atoms with Gasteiger partial charge in [-0.15, -0.1) is 24.0 Å². The van der Waals surface area contributed by atoms with Gasteiger partial charge in [-0.1, -0.05) is 57.2 Å². The molecular weight excluding hydrogens is 523 g/mol. The van der Waals surface area contributed by atoms with Crippen LogP contribution in [0.1, 0.15) is 44.4 Å². The quantitative estimate of drug-likeness (QED) is 0.262. The number of guanidine groups is 1. The molecule has 172 valence electrons. The highest BCUT2D eigenvalue weighted by Crippen LogP contribution is 2.22. The molecule has 4 N–H and O–H groups in total. The van der Waals surface area contributed by atoms with E-state index in [0.29, 0.717) is 13.1 Å². The number of nitrogens with zero attached hydrogens (tertiary/aromatic N) is 1. The molecule has 0 heterocycles. The monoisotopic (exact) mass is 558 g/mol. The highest BCUT2D eigenvalue weighted by Gasteiger charge is 2.12. The van der Waals surface area contributed by atoms with E-state index in [2.05, 4.69) is 60.7 Å². The van der Waals surface area contributed by atoms with Gasteiger partial charge in [0, 0.05) is 19.6 Å². The van der Waals surface area contributed by atoms with Crippen LogP contribution in [0.2, 0.25) is 0 Å². The van der Waals surface area contributed by atoms with Crippen LogP contribution in [0.4, 0.5) is 0 Å². The molecule has 0 aliphatic rings. The van der Waals surface area contributed by atoms with Gasteiger partial charge in [0.15, 0.2) is 5.96 Å². The van der Waals surface area contributed by atoms with Crippen molar-refractivity contribution in [3.8, 4) is 0 Å². The molecule has 2 aromatic rings. The molecule has 8 heteroatoms. The smallest absolute Gasteiger partial charge is 0.238 e.